The summed E-state index contributed by atoms with van der Waals surface area (Å²) in [5.41, 5.74) is -0.430. The fraction of sp³-hybridized carbons (Fsp3) is 0.500. The number of benzene rings is 1. The molecule has 6 nitrogen and oxygen atoms in total. The average molecular weight is 333 g/mol. The van der Waals surface area contributed by atoms with Crippen LogP contribution in [-0.4, -0.2) is 36.9 Å². The van der Waals surface area contributed by atoms with Crippen LogP contribution in [-0.2, 0) is 14.3 Å². The molecule has 1 amide bonds. The molecule has 0 radical (unpaired) electrons. The minimum absolute atomic E-state index is 0.0725. The largest absolute Gasteiger partial charge is 0.484 e. The Hall–Kier alpha value is -2.37. The number of hydrogen-bond donors (Lipinski definition) is 1. The van der Waals surface area contributed by atoms with Crippen molar-refractivity contribution in [2.45, 2.75) is 44.6 Å². The van der Waals surface area contributed by atoms with E-state index in [1.807, 2.05) is 0 Å². The Labute approximate surface area is 141 Å². The molecule has 0 aromatic heterocycles. The Morgan fingerprint density at radius 2 is 1.88 bits per heavy atom. The van der Waals surface area contributed by atoms with Crippen molar-refractivity contribution in [3.8, 4) is 5.75 Å². The Kier molecular flexibility index (Phi) is 5.95. The average Bonchev–Trinajstić information content (AvgIpc) is 2.60. The van der Waals surface area contributed by atoms with Gasteiger partial charge in [-0.25, -0.2) is 4.79 Å². The van der Waals surface area contributed by atoms with Gasteiger partial charge >= 0.3 is 5.97 Å². The highest BCUT2D eigenvalue weighted by atomic mass is 16.5. The van der Waals surface area contributed by atoms with Crippen molar-refractivity contribution in [1.82, 2.24) is 5.32 Å². The van der Waals surface area contributed by atoms with Crippen LogP contribution in [0.15, 0.2) is 24.3 Å². The fourth-order valence-electron chi connectivity index (χ4n) is 2.99. The van der Waals surface area contributed by atoms with Crippen LogP contribution in [0.25, 0.3) is 0 Å². The number of rotatable bonds is 6. The summed E-state index contributed by atoms with van der Waals surface area (Å²) < 4.78 is 10.3. The zero-order chi connectivity index (χ0) is 17.6. The zero-order valence-electron chi connectivity index (χ0n) is 14.1. The molecule has 0 saturated heterocycles. The minimum atomic E-state index is -0.950. The van der Waals surface area contributed by atoms with Crippen molar-refractivity contribution in [1.29, 1.82) is 0 Å². The molecule has 0 heterocycles. The third-order valence-electron chi connectivity index (χ3n) is 4.27. The molecule has 2 rings (SSSR count). The Morgan fingerprint density at radius 3 is 2.50 bits per heavy atom. The molecule has 130 valence electrons. The summed E-state index contributed by atoms with van der Waals surface area (Å²) in [7, 11) is 1.33. The fourth-order valence-corrected chi connectivity index (χ4v) is 2.99. The molecule has 1 aromatic rings. The van der Waals surface area contributed by atoms with E-state index in [9.17, 15) is 14.4 Å². The smallest absolute Gasteiger partial charge is 0.331 e. The van der Waals surface area contributed by atoms with Crippen LogP contribution in [0, 0.1) is 0 Å². The minimum Gasteiger partial charge on any atom is -0.484 e. The summed E-state index contributed by atoms with van der Waals surface area (Å²) in [4.78, 5) is 35.7. The van der Waals surface area contributed by atoms with Gasteiger partial charge < -0.3 is 14.8 Å². The van der Waals surface area contributed by atoms with Gasteiger partial charge in [-0.1, -0.05) is 31.4 Å². The van der Waals surface area contributed by atoms with Crippen molar-refractivity contribution < 1.29 is 23.9 Å². The Bertz CT molecular complexity index is 620. The SMILES string of the molecule is COC(=O)C1(NC(=O)COc2cccc(C(C)=O)c2)CCCCC1. The highest BCUT2D eigenvalue weighted by Crippen LogP contribution is 2.29. The van der Waals surface area contributed by atoms with Crippen LogP contribution in [0.5, 0.6) is 5.75 Å². The maximum Gasteiger partial charge on any atom is 0.331 e. The second kappa shape index (κ2) is 7.95. The van der Waals surface area contributed by atoms with E-state index in [0.717, 1.165) is 19.3 Å². The summed E-state index contributed by atoms with van der Waals surface area (Å²) in [6, 6.07) is 6.65. The number of nitrogens with one attached hydrogen (secondary N) is 1. The number of methoxy groups -OCH3 is 1. The second-order valence-corrected chi connectivity index (χ2v) is 6.06. The molecule has 24 heavy (non-hydrogen) atoms. The van der Waals surface area contributed by atoms with E-state index in [0.29, 0.717) is 24.2 Å². The molecule has 1 aromatic carbocycles. The van der Waals surface area contributed by atoms with Gasteiger partial charge in [0.15, 0.2) is 12.4 Å². The van der Waals surface area contributed by atoms with Crippen molar-refractivity contribution in [3.63, 3.8) is 0 Å². The van der Waals surface area contributed by atoms with Gasteiger partial charge in [-0.3, -0.25) is 9.59 Å². The Balaban J connectivity index is 1.97. The zero-order valence-corrected chi connectivity index (χ0v) is 14.1. The second-order valence-electron chi connectivity index (χ2n) is 6.06. The van der Waals surface area contributed by atoms with Gasteiger partial charge in [0.2, 0.25) is 0 Å². The number of carbonyl (C=O) groups excluding carboxylic acids is 3. The van der Waals surface area contributed by atoms with Gasteiger partial charge in [0.25, 0.3) is 5.91 Å². The number of hydrogen-bond acceptors (Lipinski definition) is 5. The molecule has 6 heteroatoms. The molecule has 1 N–H and O–H groups in total. The Morgan fingerprint density at radius 1 is 1.17 bits per heavy atom. The van der Waals surface area contributed by atoms with Crippen LogP contribution in [0.1, 0.15) is 49.4 Å². The van der Waals surface area contributed by atoms with Gasteiger partial charge in [-0.05, 0) is 31.9 Å². The number of carbonyl (C=O) groups is 3. The van der Waals surface area contributed by atoms with Gasteiger partial charge in [-0.15, -0.1) is 0 Å². The molecule has 1 saturated carbocycles. The normalized spacial score (nSPS) is 16.1. The maximum atomic E-state index is 12.2. The first-order valence-electron chi connectivity index (χ1n) is 8.10. The quantitative estimate of drug-likeness (QED) is 0.638. The molecule has 1 aliphatic rings. The summed E-state index contributed by atoms with van der Waals surface area (Å²) in [6.45, 7) is 1.25. The predicted octanol–water partition coefficient (Wildman–Crippen LogP) is 2.26. The van der Waals surface area contributed by atoms with Crippen molar-refractivity contribution in [2.75, 3.05) is 13.7 Å². The van der Waals surface area contributed by atoms with E-state index in [-0.39, 0.29) is 18.3 Å². The van der Waals surface area contributed by atoms with Crippen LogP contribution < -0.4 is 10.1 Å². The monoisotopic (exact) mass is 333 g/mol. The van der Waals surface area contributed by atoms with E-state index in [1.54, 1.807) is 24.3 Å². The molecule has 0 aliphatic heterocycles. The summed E-state index contributed by atoms with van der Waals surface area (Å²) in [5, 5.41) is 2.79. The van der Waals surface area contributed by atoms with Crippen molar-refractivity contribution in [2.24, 2.45) is 0 Å². The molecular weight excluding hydrogens is 310 g/mol. The molecule has 1 aliphatic carbocycles. The van der Waals surface area contributed by atoms with Crippen LogP contribution >= 0.6 is 0 Å². The molecular formula is C18H23NO5. The van der Waals surface area contributed by atoms with E-state index < -0.39 is 11.5 Å². The molecule has 1 fully saturated rings. The van der Waals surface area contributed by atoms with Gasteiger partial charge in [-0.2, -0.15) is 0 Å². The maximum absolute atomic E-state index is 12.2. The molecule has 0 atom stereocenters. The van der Waals surface area contributed by atoms with Gasteiger partial charge in [0, 0.05) is 5.56 Å². The number of Topliss-reactive ketones (excluding diaryl/α,β-unsaturated/α-hetero) is 1. The third kappa shape index (κ3) is 4.34. The standard InChI is InChI=1S/C18H23NO5/c1-13(20)14-7-6-8-15(11-14)24-12-16(21)19-18(17(22)23-2)9-4-3-5-10-18/h6-8,11H,3-5,9-10,12H2,1-2H3,(H,19,21). The lowest BCUT2D eigenvalue weighted by Crippen LogP contribution is -2.57. The topological polar surface area (TPSA) is 81.7 Å². The third-order valence-corrected chi connectivity index (χ3v) is 4.27. The lowest BCUT2D eigenvalue weighted by atomic mass is 9.81. The summed E-state index contributed by atoms with van der Waals surface area (Å²) in [5.74, 6) is -0.421. The van der Waals surface area contributed by atoms with E-state index >= 15 is 0 Å². The number of ketones is 1. The van der Waals surface area contributed by atoms with E-state index in [1.165, 1.54) is 14.0 Å². The lowest BCUT2D eigenvalue weighted by molar-refractivity contribution is -0.152. The first-order chi connectivity index (χ1) is 11.5. The predicted molar refractivity (Wildman–Crippen MR) is 87.9 cm³/mol. The summed E-state index contributed by atoms with van der Waals surface area (Å²) >= 11 is 0. The van der Waals surface area contributed by atoms with Gasteiger partial charge in [0.05, 0.1) is 7.11 Å². The van der Waals surface area contributed by atoms with E-state index in [4.69, 9.17) is 9.47 Å². The molecule has 0 bridgehead atoms. The molecule has 0 spiro atoms. The number of esters is 1. The lowest BCUT2D eigenvalue weighted by Gasteiger charge is -2.35. The van der Waals surface area contributed by atoms with Crippen LogP contribution in [0.2, 0.25) is 0 Å². The van der Waals surface area contributed by atoms with Crippen molar-refractivity contribution in [3.05, 3.63) is 29.8 Å². The van der Waals surface area contributed by atoms with Crippen molar-refractivity contribution >= 4 is 17.7 Å². The molecule has 0 unspecified atom stereocenters. The van der Waals surface area contributed by atoms with Crippen LogP contribution in [0.3, 0.4) is 0 Å². The highest BCUT2D eigenvalue weighted by Gasteiger charge is 2.41. The van der Waals surface area contributed by atoms with Crippen LogP contribution in [0.4, 0.5) is 0 Å². The highest BCUT2D eigenvalue weighted by molar-refractivity contribution is 5.94. The van der Waals surface area contributed by atoms with Gasteiger partial charge in [0.1, 0.15) is 11.3 Å². The van der Waals surface area contributed by atoms with E-state index in [2.05, 4.69) is 5.32 Å². The summed E-state index contributed by atoms with van der Waals surface area (Å²) in [6.07, 6.45) is 3.94. The number of ether oxygens (including phenoxy) is 2. The first-order valence-corrected chi connectivity index (χ1v) is 8.10. The number of amides is 1. The first kappa shape index (κ1) is 18.0.